The highest BCUT2D eigenvalue weighted by Crippen LogP contribution is 2.20. The molecule has 0 spiro atoms. The Hall–Kier alpha value is -2.11. The molecule has 0 aromatic carbocycles. The van der Waals surface area contributed by atoms with Crippen molar-refractivity contribution in [3.63, 3.8) is 0 Å². The van der Waals surface area contributed by atoms with Crippen LogP contribution in [0.5, 0.6) is 0 Å². The minimum atomic E-state index is -0.776. The van der Waals surface area contributed by atoms with Crippen LogP contribution in [0.2, 0.25) is 0 Å². The van der Waals surface area contributed by atoms with E-state index in [-0.39, 0.29) is 31.1 Å². The van der Waals surface area contributed by atoms with Crippen molar-refractivity contribution >= 4 is 17.9 Å². The first-order valence-electron chi connectivity index (χ1n) is 37.8. The molecule has 6 heteroatoms. The number of allylic oxidation sites excluding steroid dienone is 4. The molecular weight excluding hydrogens is 1020 g/mol. The van der Waals surface area contributed by atoms with Gasteiger partial charge in [0.25, 0.3) is 0 Å². The van der Waals surface area contributed by atoms with Gasteiger partial charge in [-0.25, -0.2) is 0 Å². The van der Waals surface area contributed by atoms with E-state index in [0.717, 1.165) is 77.0 Å². The van der Waals surface area contributed by atoms with E-state index in [1.165, 1.54) is 315 Å². The lowest BCUT2D eigenvalue weighted by Crippen LogP contribution is -2.30. The maximum Gasteiger partial charge on any atom is 0.306 e. The summed E-state index contributed by atoms with van der Waals surface area (Å²) in [6.45, 7) is 6.69. The normalized spacial score (nSPS) is 12.1. The number of ether oxygens (including phenoxy) is 3. The molecule has 0 N–H and O–H groups in total. The topological polar surface area (TPSA) is 78.9 Å². The number of rotatable bonds is 71. The SMILES string of the molecule is CCCCCC/C=C\C/C=C\CCCCCCCC(=O)OC(COC(=O)CCCCCCCCCCCCCCCC)COC(=O)CCCCCCCCCCCCCCCCCCCCCCCCCCCCCCCCCCCCC. The predicted molar refractivity (Wildman–Crippen MR) is 363 cm³/mol. The van der Waals surface area contributed by atoms with Crippen molar-refractivity contribution in [2.45, 2.75) is 438 Å². The molecule has 0 fully saturated rings. The second-order valence-electron chi connectivity index (χ2n) is 25.9. The summed E-state index contributed by atoms with van der Waals surface area (Å²) in [5, 5.41) is 0. The van der Waals surface area contributed by atoms with Gasteiger partial charge in [0.15, 0.2) is 6.10 Å². The van der Waals surface area contributed by atoms with E-state index in [2.05, 4.69) is 45.1 Å². The molecule has 0 saturated carbocycles. The van der Waals surface area contributed by atoms with Gasteiger partial charge < -0.3 is 14.2 Å². The van der Waals surface area contributed by atoms with Gasteiger partial charge in [0.1, 0.15) is 13.2 Å². The molecule has 83 heavy (non-hydrogen) atoms. The molecule has 0 bridgehead atoms. The molecule has 1 unspecified atom stereocenters. The number of hydrogen-bond acceptors (Lipinski definition) is 6. The Labute approximate surface area is 519 Å². The van der Waals surface area contributed by atoms with E-state index in [9.17, 15) is 14.4 Å². The third-order valence-electron chi connectivity index (χ3n) is 17.5. The van der Waals surface area contributed by atoms with Crippen molar-refractivity contribution in [1.82, 2.24) is 0 Å². The molecule has 0 aliphatic heterocycles. The van der Waals surface area contributed by atoms with Crippen LogP contribution >= 0.6 is 0 Å². The first kappa shape index (κ1) is 80.9. The number of unbranched alkanes of at least 4 members (excludes halogenated alkanes) is 56. The second kappa shape index (κ2) is 72.4. The predicted octanol–water partition coefficient (Wildman–Crippen LogP) is 26.1. The van der Waals surface area contributed by atoms with Gasteiger partial charge in [-0.3, -0.25) is 14.4 Å². The van der Waals surface area contributed by atoms with Crippen LogP contribution in [-0.2, 0) is 28.6 Å². The fraction of sp³-hybridized carbons (Fsp3) is 0.909. The number of carbonyl (C=O) groups excluding carboxylic acids is 3. The average Bonchev–Trinajstić information content (AvgIpc) is 3.50. The van der Waals surface area contributed by atoms with E-state index in [1.807, 2.05) is 0 Å². The third kappa shape index (κ3) is 70.5. The second-order valence-corrected chi connectivity index (χ2v) is 25.9. The highest BCUT2D eigenvalue weighted by molar-refractivity contribution is 5.71. The Morgan fingerprint density at radius 1 is 0.241 bits per heavy atom. The average molecular weight is 1170 g/mol. The summed E-state index contributed by atoms with van der Waals surface area (Å²) in [6, 6.07) is 0. The fourth-order valence-corrected chi connectivity index (χ4v) is 11.8. The third-order valence-corrected chi connectivity index (χ3v) is 17.5. The van der Waals surface area contributed by atoms with Crippen LogP contribution in [0.15, 0.2) is 24.3 Å². The van der Waals surface area contributed by atoms with Crippen molar-refractivity contribution in [2.24, 2.45) is 0 Å². The van der Waals surface area contributed by atoms with Crippen LogP contribution in [0.25, 0.3) is 0 Å². The zero-order chi connectivity index (χ0) is 59.9. The van der Waals surface area contributed by atoms with Gasteiger partial charge in [0, 0.05) is 19.3 Å². The first-order valence-corrected chi connectivity index (χ1v) is 37.8. The summed E-state index contributed by atoms with van der Waals surface area (Å²) in [7, 11) is 0. The molecule has 0 amide bonds. The Balaban J connectivity index is 4.06. The fourth-order valence-electron chi connectivity index (χ4n) is 11.8. The summed E-state index contributed by atoms with van der Waals surface area (Å²) in [6.07, 6.45) is 89.6. The molecular formula is C77H146O6. The van der Waals surface area contributed by atoms with Crippen LogP contribution < -0.4 is 0 Å². The minimum absolute atomic E-state index is 0.0708. The molecule has 1 atom stereocenters. The van der Waals surface area contributed by atoms with Crippen molar-refractivity contribution in [3.8, 4) is 0 Å². The lowest BCUT2D eigenvalue weighted by molar-refractivity contribution is -0.167. The maximum absolute atomic E-state index is 12.9. The van der Waals surface area contributed by atoms with Gasteiger partial charge in [-0.1, -0.05) is 385 Å². The van der Waals surface area contributed by atoms with Gasteiger partial charge in [0.2, 0.25) is 0 Å². The highest BCUT2D eigenvalue weighted by Gasteiger charge is 2.20. The molecule has 490 valence electrons. The molecule has 0 aromatic rings. The molecule has 0 aliphatic carbocycles. The molecule has 0 saturated heterocycles. The van der Waals surface area contributed by atoms with E-state index in [4.69, 9.17) is 14.2 Å². The quantitative estimate of drug-likeness (QED) is 0.0261. The van der Waals surface area contributed by atoms with Gasteiger partial charge in [-0.2, -0.15) is 0 Å². The van der Waals surface area contributed by atoms with Crippen LogP contribution in [-0.4, -0.2) is 37.2 Å². The van der Waals surface area contributed by atoms with Gasteiger partial charge in [0.05, 0.1) is 0 Å². The Morgan fingerprint density at radius 2 is 0.434 bits per heavy atom. The van der Waals surface area contributed by atoms with E-state index in [0.29, 0.717) is 19.3 Å². The van der Waals surface area contributed by atoms with Gasteiger partial charge in [-0.15, -0.1) is 0 Å². The summed E-state index contributed by atoms with van der Waals surface area (Å²) in [5.74, 6) is -0.853. The minimum Gasteiger partial charge on any atom is -0.462 e. The van der Waals surface area contributed by atoms with Crippen LogP contribution in [0.1, 0.15) is 432 Å². The lowest BCUT2D eigenvalue weighted by Gasteiger charge is -2.18. The van der Waals surface area contributed by atoms with Crippen LogP contribution in [0.4, 0.5) is 0 Å². The molecule has 0 heterocycles. The number of carbonyl (C=O) groups is 3. The Bertz CT molecular complexity index is 1340. The van der Waals surface area contributed by atoms with E-state index in [1.54, 1.807) is 0 Å². The lowest BCUT2D eigenvalue weighted by atomic mass is 10.0. The molecule has 0 aliphatic rings. The van der Waals surface area contributed by atoms with Crippen molar-refractivity contribution in [3.05, 3.63) is 24.3 Å². The number of hydrogen-bond donors (Lipinski definition) is 0. The maximum atomic E-state index is 12.9. The van der Waals surface area contributed by atoms with Crippen molar-refractivity contribution in [1.29, 1.82) is 0 Å². The Kier molecular flexibility index (Phi) is 70.5. The molecule has 0 radical (unpaired) electrons. The number of esters is 3. The summed E-state index contributed by atoms with van der Waals surface area (Å²) in [5.41, 5.74) is 0. The Morgan fingerprint density at radius 3 is 0.675 bits per heavy atom. The van der Waals surface area contributed by atoms with Crippen molar-refractivity contribution in [2.75, 3.05) is 13.2 Å². The monoisotopic (exact) mass is 1170 g/mol. The van der Waals surface area contributed by atoms with E-state index < -0.39 is 6.10 Å². The van der Waals surface area contributed by atoms with Gasteiger partial charge >= 0.3 is 17.9 Å². The smallest absolute Gasteiger partial charge is 0.306 e. The van der Waals surface area contributed by atoms with E-state index >= 15 is 0 Å². The van der Waals surface area contributed by atoms with Crippen LogP contribution in [0, 0.1) is 0 Å². The zero-order valence-corrected chi connectivity index (χ0v) is 56.5. The van der Waals surface area contributed by atoms with Gasteiger partial charge in [-0.05, 0) is 51.4 Å². The van der Waals surface area contributed by atoms with Crippen LogP contribution in [0.3, 0.4) is 0 Å². The molecule has 0 rings (SSSR count). The standard InChI is InChI=1S/C77H146O6/c1-4-7-10-13-16-19-22-25-28-30-31-32-33-34-35-36-37-38-39-40-41-42-43-44-45-46-47-48-50-52-55-58-61-64-67-70-76(79)82-73-74(72-81-75(78)69-66-63-60-57-54-51-27-24-21-18-15-12-9-6-3)83-77(80)71-68-65-62-59-56-53-49-29-26-23-20-17-14-11-8-5-2/h20,23,29,49,74H,4-19,21-22,24-28,30-48,50-73H2,1-3H3/b23-20-,49-29-. The molecule has 0 aromatic heterocycles. The van der Waals surface area contributed by atoms with Crippen molar-refractivity contribution < 1.29 is 28.6 Å². The summed E-state index contributed by atoms with van der Waals surface area (Å²) < 4.78 is 17.0. The first-order chi connectivity index (χ1) is 41.0. The molecule has 6 nitrogen and oxygen atoms in total. The highest BCUT2D eigenvalue weighted by atomic mass is 16.6. The zero-order valence-electron chi connectivity index (χ0n) is 56.5. The summed E-state index contributed by atoms with van der Waals surface area (Å²) in [4.78, 5) is 38.4. The summed E-state index contributed by atoms with van der Waals surface area (Å²) >= 11 is 0. The largest absolute Gasteiger partial charge is 0.462 e.